The maximum absolute atomic E-state index is 12.9. The van der Waals surface area contributed by atoms with Gasteiger partial charge in [0.15, 0.2) is 0 Å². The Balaban J connectivity index is 1.10. The zero-order chi connectivity index (χ0) is 34.7. The summed E-state index contributed by atoms with van der Waals surface area (Å²) in [4.78, 5) is 45.8. The molecule has 2 atom stereocenters. The van der Waals surface area contributed by atoms with E-state index in [0.717, 1.165) is 68.4 Å². The monoisotopic (exact) mass is 660 g/mol. The highest BCUT2D eigenvalue weighted by Crippen LogP contribution is 2.35. The first-order chi connectivity index (χ1) is 23.2. The first-order valence-electron chi connectivity index (χ1n) is 17.0. The van der Waals surface area contributed by atoms with E-state index in [1.807, 2.05) is 60.7 Å². The van der Waals surface area contributed by atoms with Crippen molar-refractivity contribution in [3.05, 3.63) is 84.1 Å². The molecule has 4 heterocycles. The molecule has 7 rings (SSSR count). The quantitative estimate of drug-likeness (QED) is 0.186. The van der Waals surface area contributed by atoms with E-state index < -0.39 is 11.2 Å². The highest BCUT2D eigenvalue weighted by Gasteiger charge is 2.36. The van der Waals surface area contributed by atoms with Gasteiger partial charge in [-0.3, -0.25) is 9.80 Å². The van der Waals surface area contributed by atoms with Gasteiger partial charge >= 0.3 is 12.2 Å². The number of nitrogens with zero attached hydrogens (tertiary/aromatic N) is 4. The van der Waals surface area contributed by atoms with Crippen LogP contribution in [-0.2, 0) is 9.47 Å². The van der Waals surface area contributed by atoms with Crippen molar-refractivity contribution in [3.8, 4) is 22.4 Å². The Labute approximate surface area is 286 Å². The van der Waals surface area contributed by atoms with Gasteiger partial charge in [-0.05, 0) is 107 Å². The van der Waals surface area contributed by atoms with Crippen molar-refractivity contribution >= 4 is 34.0 Å². The summed E-state index contributed by atoms with van der Waals surface area (Å²) in [7, 11) is 0. The number of fused-ring (bicyclic) bond motifs is 2. The summed E-state index contributed by atoms with van der Waals surface area (Å²) in [6, 6.07) is 18.6. The third kappa shape index (κ3) is 6.77. The lowest BCUT2D eigenvalue weighted by molar-refractivity contribution is 0.0213. The van der Waals surface area contributed by atoms with Crippen LogP contribution < -0.4 is 0 Å². The van der Waals surface area contributed by atoms with E-state index in [0.29, 0.717) is 18.9 Å². The second kappa shape index (κ2) is 12.1. The zero-order valence-corrected chi connectivity index (χ0v) is 29.3. The molecule has 49 heavy (non-hydrogen) atoms. The average Bonchev–Trinajstić information content (AvgIpc) is 3.83. The second-order valence-electron chi connectivity index (χ2n) is 15.2. The Morgan fingerprint density at radius 2 is 1.43 bits per heavy atom. The molecule has 5 aromatic rings. The molecule has 2 aromatic heterocycles. The molecule has 10 heteroatoms. The Morgan fingerprint density at radius 3 is 2.14 bits per heavy atom. The first-order valence-corrected chi connectivity index (χ1v) is 17.0. The van der Waals surface area contributed by atoms with Crippen LogP contribution in [0.1, 0.15) is 85.0 Å². The maximum Gasteiger partial charge on any atom is 0.411 e. The summed E-state index contributed by atoms with van der Waals surface area (Å²) >= 11 is 0. The molecule has 2 amide bonds. The minimum atomic E-state index is -0.574. The van der Waals surface area contributed by atoms with Crippen LogP contribution in [0.5, 0.6) is 0 Å². The van der Waals surface area contributed by atoms with Crippen LogP contribution in [0.25, 0.3) is 44.2 Å². The van der Waals surface area contributed by atoms with Crippen LogP contribution in [0.2, 0.25) is 0 Å². The number of rotatable bonds is 4. The van der Waals surface area contributed by atoms with Gasteiger partial charge in [-0.25, -0.2) is 19.6 Å². The van der Waals surface area contributed by atoms with E-state index in [9.17, 15) is 9.59 Å². The molecular weight excluding hydrogens is 616 g/mol. The van der Waals surface area contributed by atoms with E-state index in [-0.39, 0.29) is 24.3 Å². The predicted molar refractivity (Wildman–Crippen MR) is 191 cm³/mol. The molecule has 0 bridgehead atoms. The molecule has 0 unspecified atom stereocenters. The number of likely N-dealkylation sites (tertiary alicyclic amines) is 1. The van der Waals surface area contributed by atoms with E-state index in [1.54, 1.807) is 9.80 Å². The minimum absolute atomic E-state index is 0.130. The summed E-state index contributed by atoms with van der Waals surface area (Å²) in [6.45, 7) is 14.5. The molecule has 3 aromatic carbocycles. The van der Waals surface area contributed by atoms with Gasteiger partial charge in [0.25, 0.3) is 0 Å². The van der Waals surface area contributed by atoms with Gasteiger partial charge in [-0.2, -0.15) is 0 Å². The fourth-order valence-electron chi connectivity index (χ4n) is 6.69. The Bertz CT molecular complexity index is 2100. The molecular formula is C39H44N6O4. The van der Waals surface area contributed by atoms with Gasteiger partial charge in [0.1, 0.15) is 28.9 Å². The van der Waals surface area contributed by atoms with Crippen molar-refractivity contribution in [2.24, 2.45) is 0 Å². The fourth-order valence-corrected chi connectivity index (χ4v) is 6.69. The predicted octanol–water partition coefficient (Wildman–Crippen LogP) is 9.08. The van der Waals surface area contributed by atoms with Crippen LogP contribution in [0.3, 0.4) is 0 Å². The van der Waals surface area contributed by atoms with Gasteiger partial charge in [0, 0.05) is 18.7 Å². The molecule has 2 aliphatic heterocycles. The molecule has 0 radical (unpaired) electrons. The molecule has 1 fully saturated rings. The Kier molecular flexibility index (Phi) is 8.00. The van der Waals surface area contributed by atoms with Gasteiger partial charge < -0.3 is 19.4 Å². The van der Waals surface area contributed by atoms with Crippen molar-refractivity contribution < 1.29 is 19.1 Å². The number of hydrogen-bond donors (Lipinski definition) is 2. The Morgan fingerprint density at radius 1 is 0.796 bits per heavy atom. The van der Waals surface area contributed by atoms with E-state index >= 15 is 0 Å². The summed E-state index contributed by atoms with van der Waals surface area (Å²) in [5.74, 6) is 1.50. The van der Waals surface area contributed by atoms with Crippen LogP contribution in [0.15, 0.2) is 72.4 Å². The number of carbonyl (C=O) groups is 2. The number of aromatic amines is 2. The number of amides is 2. The number of aromatic nitrogens is 4. The van der Waals surface area contributed by atoms with Gasteiger partial charge in [-0.15, -0.1) is 0 Å². The number of imidazole rings is 2. The number of H-pyrrole nitrogens is 2. The summed E-state index contributed by atoms with van der Waals surface area (Å²) < 4.78 is 11.3. The average molecular weight is 661 g/mol. The van der Waals surface area contributed by atoms with Crippen molar-refractivity contribution in [3.63, 3.8) is 0 Å². The highest BCUT2D eigenvalue weighted by molar-refractivity contribution is 5.92. The number of nitrogens with one attached hydrogen (secondary N) is 2. The molecule has 254 valence electrons. The normalized spacial score (nSPS) is 18.4. The van der Waals surface area contributed by atoms with E-state index in [4.69, 9.17) is 14.5 Å². The Hall–Kier alpha value is -5.12. The smallest absolute Gasteiger partial charge is 0.411 e. The zero-order valence-electron chi connectivity index (χ0n) is 29.3. The lowest BCUT2D eigenvalue weighted by Gasteiger charge is -2.27. The van der Waals surface area contributed by atoms with Crippen LogP contribution in [0.4, 0.5) is 9.59 Å². The number of hydrogen-bond acceptors (Lipinski definition) is 6. The van der Waals surface area contributed by atoms with Crippen LogP contribution in [-0.4, -0.2) is 66.2 Å². The molecule has 1 saturated heterocycles. The van der Waals surface area contributed by atoms with E-state index in [1.165, 1.54) is 0 Å². The summed E-state index contributed by atoms with van der Waals surface area (Å²) in [5, 5.41) is 2.23. The molecule has 2 aliphatic rings. The lowest BCUT2D eigenvalue weighted by atomic mass is 9.99. The van der Waals surface area contributed by atoms with Crippen LogP contribution >= 0.6 is 0 Å². The third-order valence-corrected chi connectivity index (χ3v) is 8.88. The molecule has 10 nitrogen and oxygen atoms in total. The maximum atomic E-state index is 12.9. The fraction of sp³-hybridized carbons (Fsp3) is 0.385. The second-order valence-corrected chi connectivity index (χ2v) is 15.2. The van der Waals surface area contributed by atoms with Gasteiger partial charge in [-0.1, -0.05) is 42.0 Å². The van der Waals surface area contributed by atoms with Gasteiger partial charge in [0.2, 0.25) is 0 Å². The largest absolute Gasteiger partial charge is 0.444 e. The topological polar surface area (TPSA) is 116 Å². The number of carbonyl (C=O) groups excluding carboxylic acids is 2. The third-order valence-electron chi connectivity index (χ3n) is 8.88. The number of benzene rings is 3. The lowest BCUT2D eigenvalue weighted by Crippen LogP contribution is -2.37. The molecule has 0 aliphatic carbocycles. The first kappa shape index (κ1) is 32.4. The van der Waals surface area contributed by atoms with Crippen molar-refractivity contribution in [1.82, 2.24) is 29.7 Å². The van der Waals surface area contributed by atoms with Crippen LogP contribution in [0, 0.1) is 0 Å². The number of ether oxygens (including phenoxy) is 2. The van der Waals surface area contributed by atoms with Crippen molar-refractivity contribution in [2.75, 3.05) is 13.1 Å². The minimum Gasteiger partial charge on any atom is -0.444 e. The van der Waals surface area contributed by atoms with E-state index in [2.05, 4.69) is 69.6 Å². The molecule has 0 saturated carbocycles. The SMILES string of the molecule is CC1=C[C@@H](c2ncc(-c3ccc4cc(-c5ccc6nc([C@@H]7CCCN7C(=O)OC(C)(C)C)[nH]c6c5)ccc4c3)[nH]2)N(C(=O)OC(C)(C)C)C1. The highest BCUT2D eigenvalue weighted by atomic mass is 16.6. The molecule has 2 N–H and O–H groups in total. The standard InChI is InChI=1S/C39H44N6O4/c1-23-17-33(45(22-23)37(47)49-39(5,6)7)34-40-21-31(43-34)28-13-12-24-18-25(10-11-26(24)19-28)27-14-15-29-30(20-27)42-35(41-29)32-9-8-16-44(32)36(46)48-38(2,3)4/h10-15,17-21,32-33H,8-9,16,22H2,1-7H3,(H,40,43)(H,41,42)/t32-,33-/m0/s1. The van der Waals surface area contributed by atoms with Crippen molar-refractivity contribution in [1.29, 1.82) is 0 Å². The summed E-state index contributed by atoms with van der Waals surface area (Å²) in [5.41, 5.74) is 5.87. The molecule has 0 spiro atoms. The summed E-state index contributed by atoms with van der Waals surface area (Å²) in [6.07, 6.45) is 5.00. The van der Waals surface area contributed by atoms with Crippen molar-refractivity contribution in [2.45, 2.75) is 84.6 Å². The van der Waals surface area contributed by atoms with Gasteiger partial charge in [0.05, 0.1) is 29.0 Å².